The van der Waals surface area contributed by atoms with Gasteiger partial charge in [0.1, 0.15) is 6.54 Å². The number of hydrogen-bond acceptors (Lipinski definition) is 6. The summed E-state index contributed by atoms with van der Waals surface area (Å²) in [5, 5.41) is -0.453. The molecule has 0 aromatic heterocycles. The van der Waals surface area contributed by atoms with E-state index >= 15 is 0 Å². The van der Waals surface area contributed by atoms with Crippen LogP contribution in [0.25, 0.3) is 6.08 Å². The molecule has 7 heteroatoms. The fraction of sp³-hybridized carbons (Fsp3) is 0.500. The van der Waals surface area contributed by atoms with Gasteiger partial charge in [0.05, 0.1) is 12.0 Å². The van der Waals surface area contributed by atoms with Gasteiger partial charge in [-0.1, -0.05) is 13.0 Å². The molecule has 0 radical (unpaired) electrons. The average Bonchev–Trinajstić information content (AvgIpc) is 2.88. The van der Waals surface area contributed by atoms with Crippen LogP contribution in [0, 0.1) is 0 Å². The number of imide groups is 1. The summed E-state index contributed by atoms with van der Waals surface area (Å²) in [6, 6.07) is 6.57. The van der Waals surface area contributed by atoms with Gasteiger partial charge in [-0.05, 0) is 81.1 Å². The molecule has 1 aromatic rings. The van der Waals surface area contributed by atoms with Gasteiger partial charge in [0, 0.05) is 17.3 Å². The zero-order valence-electron chi connectivity index (χ0n) is 17.8. The van der Waals surface area contributed by atoms with Crippen molar-refractivity contribution in [1.29, 1.82) is 0 Å². The Morgan fingerprint density at radius 2 is 2.03 bits per heavy atom. The van der Waals surface area contributed by atoms with E-state index in [-0.39, 0.29) is 12.1 Å². The zero-order chi connectivity index (χ0) is 21.5. The lowest BCUT2D eigenvalue weighted by Crippen LogP contribution is -2.51. The molecule has 2 amide bonds. The second-order valence-electron chi connectivity index (χ2n) is 8.54. The Morgan fingerprint density at radius 3 is 2.66 bits per heavy atom. The molecule has 29 heavy (non-hydrogen) atoms. The normalized spacial score (nSPS) is 22.4. The van der Waals surface area contributed by atoms with Gasteiger partial charge >= 0.3 is 5.97 Å². The highest BCUT2D eigenvalue weighted by Gasteiger charge is 2.38. The van der Waals surface area contributed by atoms with Gasteiger partial charge in [0.2, 0.25) is 0 Å². The number of fused-ring (bicyclic) bond motifs is 1. The number of methoxy groups -OCH3 is 1. The van der Waals surface area contributed by atoms with Crippen molar-refractivity contribution in [2.45, 2.75) is 58.5 Å². The molecule has 156 valence electrons. The third-order valence-corrected chi connectivity index (χ3v) is 6.41. The van der Waals surface area contributed by atoms with E-state index in [1.54, 1.807) is 6.08 Å². The van der Waals surface area contributed by atoms with Crippen molar-refractivity contribution in [3.63, 3.8) is 0 Å². The third kappa shape index (κ3) is 4.06. The number of benzene rings is 1. The Balaban J connectivity index is 1.93. The number of carbonyl (C=O) groups excluding carboxylic acids is 3. The van der Waals surface area contributed by atoms with Crippen LogP contribution in [-0.2, 0) is 14.3 Å². The van der Waals surface area contributed by atoms with Crippen LogP contribution in [0.3, 0.4) is 0 Å². The van der Waals surface area contributed by atoms with Crippen LogP contribution < -0.4 is 4.90 Å². The van der Waals surface area contributed by atoms with Crippen LogP contribution in [0.4, 0.5) is 10.5 Å². The highest BCUT2D eigenvalue weighted by molar-refractivity contribution is 8.18. The van der Waals surface area contributed by atoms with E-state index in [1.165, 1.54) is 18.4 Å². The molecular weight excluding hydrogens is 388 g/mol. The van der Waals surface area contributed by atoms with Crippen molar-refractivity contribution in [2.75, 3.05) is 18.6 Å². The van der Waals surface area contributed by atoms with Gasteiger partial charge in [-0.25, -0.2) is 0 Å². The summed E-state index contributed by atoms with van der Waals surface area (Å²) >= 11 is 0.853. The number of nitrogens with zero attached hydrogens (tertiary/aromatic N) is 2. The van der Waals surface area contributed by atoms with Crippen molar-refractivity contribution in [1.82, 2.24) is 4.90 Å². The van der Waals surface area contributed by atoms with Crippen LogP contribution in [0.1, 0.15) is 58.1 Å². The molecule has 2 heterocycles. The fourth-order valence-electron chi connectivity index (χ4n) is 4.52. The third-order valence-electron chi connectivity index (χ3n) is 5.50. The minimum atomic E-state index is -0.618. The van der Waals surface area contributed by atoms with Crippen LogP contribution in [-0.4, -0.2) is 47.3 Å². The van der Waals surface area contributed by atoms with Gasteiger partial charge < -0.3 is 9.64 Å². The molecule has 1 aromatic carbocycles. The number of thioether (sulfide) groups is 1. The van der Waals surface area contributed by atoms with Gasteiger partial charge in [0.15, 0.2) is 0 Å². The summed E-state index contributed by atoms with van der Waals surface area (Å²) in [6.07, 6.45) is 2.77. The van der Waals surface area contributed by atoms with E-state index in [0.717, 1.165) is 28.6 Å². The maximum Gasteiger partial charge on any atom is 0.325 e. The lowest BCUT2D eigenvalue weighted by atomic mass is 9.79. The molecule has 3 rings (SSSR count). The number of rotatable bonds is 4. The summed E-state index contributed by atoms with van der Waals surface area (Å²) in [5.74, 6) is -0.689. The molecule has 1 atom stereocenters. The van der Waals surface area contributed by atoms with Crippen LogP contribution >= 0.6 is 11.8 Å². The van der Waals surface area contributed by atoms with Gasteiger partial charge in [-0.15, -0.1) is 0 Å². The molecule has 1 saturated heterocycles. The number of ether oxygens (including phenoxy) is 1. The second-order valence-corrected chi connectivity index (χ2v) is 9.54. The topological polar surface area (TPSA) is 66.9 Å². The molecule has 0 N–H and O–H groups in total. The summed E-state index contributed by atoms with van der Waals surface area (Å²) in [7, 11) is 1.23. The van der Waals surface area contributed by atoms with E-state index in [2.05, 4.69) is 56.4 Å². The second kappa shape index (κ2) is 7.86. The molecule has 0 aliphatic carbocycles. The molecule has 2 aliphatic heterocycles. The minimum Gasteiger partial charge on any atom is -0.468 e. The first-order valence-electron chi connectivity index (χ1n) is 9.80. The van der Waals surface area contributed by atoms with Crippen LogP contribution in [0.15, 0.2) is 23.1 Å². The first-order valence-corrected chi connectivity index (χ1v) is 10.6. The maximum atomic E-state index is 12.6. The van der Waals surface area contributed by atoms with Crippen molar-refractivity contribution >= 4 is 40.6 Å². The maximum absolute atomic E-state index is 12.6. The van der Waals surface area contributed by atoms with Crippen molar-refractivity contribution in [2.24, 2.45) is 0 Å². The van der Waals surface area contributed by atoms with E-state index in [0.29, 0.717) is 16.9 Å². The quantitative estimate of drug-likeness (QED) is 0.535. The smallest absolute Gasteiger partial charge is 0.325 e. The molecule has 2 aliphatic rings. The molecule has 0 spiro atoms. The zero-order valence-corrected chi connectivity index (χ0v) is 18.6. The Labute approximate surface area is 176 Å². The number of anilines is 1. The van der Waals surface area contributed by atoms with E-state index in [9.17, 15) is 14.4 Å². The van der Waals surface area contributed by atoms with Gasteiger partial charge in [0.25, 0.3) is 11.1 Å². The highest BCUT2D eigenvalue weighted by atomic mass is 32.2. The fourth-order valence-corrected chi connectivity index (χ4v) is 5.36. The molecule has 1 fully saturated rings. The van der Waals surface area contributed by atoms with E-state index in [4.69, 9.17) is 0 Å². The Kier molecular flexibility index (Phi) is 5.81. The van der Waals surface area contributed by atoms with Crippen molar-refractivity contribution in [3.8, 4) is 0 Å². The highest BCUT2D eigenvalue weighted by Crippen LogP contribution is 2.45. The predicted molar refractivity (Wildman–Crippen MR) is 116 cm³/mol. The molecular formula is C22H28N2O4S. The number of hydrogen-bond donors (Lipinski definition) is 0. The Bertz CT molecular complexity index is 891. The van der Waals surface area contributed by atoms with Gasteiger partial charge in [-0.2, -0.15) is 0 Å². The van der Waals surface area contributed by atoms with Crippen molar-refractivity contribution < 1.29 is 19.1 Å². The lowest BCUT2D eigenvalue weighted by molar-refractivity contribution is -0.143. The predicted octanol–water partition coefficient (Wildman–Crippen LogP) is 4.40. The molecule has 0 unspecified atom stereocenters. The lowest BCUT2D eigenvalue weighted by Gasteiger charge is -2.50. The minimum absolute atomic E-state index is 0.0681. The largest absolute Gasteiger partial charge is 0.468 e. The summed E-state index contributed by atoms with van der Waals surface area (Å²) < 4.78 is 4.56. The number of amides is 2. The monoisotopic (exact) mass is 416 g/mol. The summed E-state index contributed by atoms with van der Waals surface area (Å²) in [4.78, 5) is 39.8. The van der Waals surface area contributed by atoms with E-state index < -0.39 is 17.1 Å². The summed E-state index contributed by atoms with van der Waals surface area (Å²) in [6.45, 7) is 10.8. The number of esters is 1. The van der Waals surface area contributed by atoms with Crippen LogP contribution in [0.5, 0.6) is 0 Å². The Hall–Kier alpha value is -2.28. The Morgan fingerprint density at radius 1 is 1.34 bits per heavy atom. The standard InChI is InChI=1S/C22H28N2O4S/c1-13(2)24-17-8-7-15(9-16(17)14(3)11-22(24,4)5)10-18-20(26)23(21(27)29-18)12-19(25)28-6/h7-10,13-14H,11-12H2,1-6H3/b18-10+/t14-/m1/s1. The van der Waals surface area contributed by atoms with Crippen molar-refractivity contribution in [3.05, 3.63) is 34.2 Å². The molecule has 0 saturated carbocycles. The first kappa shape index (κ1) is 21.4. The SMILES string of the molecule is COC(=O)CN1C(=O)S/C(=C/c2ccc3c(c2)[C@H](C)CC(C)(C)N3C(C)C)C1=O. The van der Waals surface area contributed by atoms with E-state index in [1.807, 2.05) is 6.07 Å². The molecule has 0 bridgehead atoms. The summed E-state index contributed by atoms with van der Waals surface area (Å²) in [5.41, 5.74) is 3.42. The average molecular weight is 417 g/mol. The number of carbonyl (C=O) groups is 3. The van der Waals surface area contributed by atoms with Crippen LogP contribution in [0.2, 0.25) is 0 Å². The first-order chi connectivity index (χ1) is 13.5. The molecule has 6 nitrogen and oxygen atoms in total. The van der Waals surface area contributed by atoms with Gasteiger partial charge in [-0.3, -0.25) is 19.3 Å².